The first kappa shape index (κ1) is 13.4. The fourth-order valence-corrected chi connectivity index (χ4v) is 2.74. The van der Waals surface area contributed by atoms with Crippen molar-refractivity contribution in [1.82, 2.24) is 10.3 Å². The van der Waals surface area contributed by atoms with Crippen LogP contribution in [0.2, 0.25) is 0 Å². The topological polar surface area (TPSA) is 57.3 Å². The molecule has 20 heavy (non-hydrogen) atoms. The summed E-state index contributed by atoms with van der Waals surface area (Å²) >= 11 is 0. The summed E-state index contributed by atoms with van der Waals surface area (Å²) in [5.41, 5.74) is 0.794. The molecule has 0 unspecified atom stereocenters. The summed E-state index contributed by atoms with van der Waals surface area (Å²) in [6, 6.07) is 3.96. The van der Waals surface area contributed by atoms with Crippen molar-refractivity contribution in [3.63, 3.8) is 0 Å². The average molecular weight is 274 g/mol. The zero-order chi connectivity index (χ0) is 13.8. The van der Waals surface area contributed by atoms with Crippen molar-refractivity contribution in [2.75, 3.05) is 36.4 Å². The number of anilines is 2. The summed E-state index contributed by atoms with van der Waals surface area (Å²) in [7, 11) is 0. The van der Waals surface area contributed by atoms with Crippen LogP contribution in [0.4, 0.5) is 11.5 Å². The maximum absolute atomic E-state index is 11.8. The highest BCUT2D eigenvalue weighted by molar-refractivity contribution is 5.90. The van der Waals surface area contributed by atoms with E-state index in [1.807, 2.05) is 12.1 Å². The lowest BCUT2D eigenvalue weighted by atomic mass is 9.99. The van der Waals surface area contributed by atoms with E-state index in [1.54, 1.807) is 6.20 Å². The molecule has 2 aliphatic rings. The van der Waals surface area contributed by atoms with Crippen LogP contribution in [0, 0.1) is 5.92 Å². The average Bonchev–Trinajstić information content (AvgIpc) is 2.45. The maximum Gasteiger partial charge on any atom is 0.224 e. The summed E-state index contributed by atoms with van der Waals surface area (Å²) in [6.07, 6.45) is 6.17. The number of amides is 1. The molecule has 2 fully saturated rings. The molecule has 0 aliphatic carbocycles. The van der Waals surface area contributed by atoms with E-state index in [0.717, 1.165) is 37.7 Å². The first-order chi connectivity index (χ1) is 9.81. The van der Waals surface area contributed by atoms with E-state index in [4.69, 9.17) is 0 Å². The Bertz CT molecular complexity index is 449. The van der Waals surface area contributed by atoms with Crippen LogP contribution >= 0.6 is 0 Å². The van der Waals surface area contributed by atoms with E-state index in [-0.39, 0.29) is 5.91 Å². The number of carbonyl (C=O) groups is 1. The molecule has 2 aliphatic heterocycles. The van der Waals surface area contributed by atoms with Crippen LogP contribution in [-0.4, -0.2) is 37.1 Å². The molecule has 1 amide bonds. The van der Waals surface area contributed by atoms with Crippen molar-refractivity contribution in [1.29, 1.82) is 0 Å². The molecular weight excluding hydrogens is 252 g/mol. The van der Waals surface area contributed by atoms with E-state index < -0.39 is 0 Å². The molecule has 1 aromatic rings. The lowest BCUT2D eigenvalue weighted by Gasteiger charge is -2.28. The summed E-state index contributed by atoms with van der Waals surface area (Å²) in [5.74, 6) is 1.60. The van der Waals surface area contributed by atoms with Gasteiger partial charge in [-0.15, -0.1) is 0 Å². The summed E-state index contributed by atoms with van der Waals surface area (Å²) in [5, 5.41) is 6.10. The van der Waals surface area contributed by atoms with E-state index in [1.165, 1.54) is 19.3 Å². The van der Waals surface area contributed by atoms with Gasteiger partial charge in [0.1, 0.15) is 5.82 Å². The number of nitrogens with one attached hydrogen (secondary N) is 2. The molecule has 5 heteroatoms. The Labute approximate surface area is 119 Å². The number of pyridine rings is 1. The van der Waals surface area contributed by atoms with Crippen molar-refractivity contribution in [2.24, 2.45) is 5.92 Å². The van der Waals surface area contributed by atoms with Crippen molar-refractivity contribution in [3.05, 3.63) is 18.3 Å². The monoisotopic (exact) mass is 274 g/mol. The van der Waals surface area contributed by atoms with Crippen LogP contribution < -0.4 is 15.5 Å². The molecule has 0 spiro atoms. The van der Waals surface area contributed by atoms with Crippen LogP contribution in [0.15, 0.2) is 18.3 Å². The number of hydrogen-bond donors (Lipinski definition) is 2. The fourth-order valence-electron chi connectivity index (χ4n) is 2.74. The number of piperidine rings is 1. The molecule has 1 aromatic heterocycles. The second-order valence-electron chi connectivity index (χ2n) is 5.73. The molecule has 108 valence electrons. The quantitative estimate of drug-likeness (QED) is 0.876. The van der Waals surface area contributed by atoms with Gasteiger partial charge in [0, 0.05) is 19.5 Å². The first-order valence-electron chi connectivity index (χ1n) is 7.53. The van der Waals surface area contributed by atoms with Crippen molar-refractivity contribution >= 4 is 17.4 Å². The molecule has 0 atom stereocenters. The molecule has 2 N–H and O–H groups in total. The third-order valence-corrected chi connectivity index (χ3v) is 4.05. The fraction of sp³-hybridized carbons (Fsp3) is 0.600. The van der Waals surface area contributed by atoms with Gasteiger partial charge >= 0.3 is 0 Å². The van der Waals surface area contributed by atoms with Gasteiger partial charge in [0.2, 0.25) is 5.91 Å². The Morgan fingerprint density at radius 2 is 2.10 bits per heavy atom. The Kier molecular flexibility index (Phi) is 4.16. The Morgan fingerprint density at radius 1 is 1.30 bits per heavy atom. The van der Waals surface area contributed by atoms with Crippen LogP contribution in [0.3, 0.4) is 0 Å². The van der Waals surface area contributed by atoms with Crippen molar-refractivity contribution in [2.45, 2.75) is 25.7 Å². The number of rotatable bonds is 4. The minimum atomic E-state index is 0.0871. The number of hydrogen-bond acceptors (Lipinski definition) is 4. The molecule has 5 nitrogen and oxygen atoms in total. The predicted octanol–water partition coefficient (Wildman–Crippen LogP) is 1.62. The van der Waals surface area contributed by atoms with Gasteiger partial charge < -0.3 is 15.5 Å². The summed E-state index contributed by atoms with van der Waals surface area (Å²) in [6.45, 7) is 4.10. The van der Waals surface area contributed by atoms with Gasteiger partial charge in [0.15, 0.2) is 0 Å². The van der Waals surface area contributed by atoms with Gasteiger partial charge in [0.05, 0.1) is 11.9 Å². The van der Waals surface area contributed by atoms with Gasteiger partial charge in [-0.1, -0.05) is 0 Å². The van der Waals surface area contributed by atoms with Gasteiger partial charge in [-0.2, -0.15) is 0 Å². The van der Waals surface area contributed by atoms with E-state index in [9.17, 15) is 4.79 Å². The van der Waals surface area contributed by atoms with Gasteiger partial charge in [-0.05, 0) is 50.4 Å². The maximum atomic E-state index is 11.8. The van der Waals surface area contributed by atoms with E-state index in [2.05, 4.69) is 20.5 Å². The normalized spacial score (nSPS) is 19.5. The molecule has 0 saturated carbocycles. The number of nitrogens with zero attached hydrogens (tertiary/aromatic N) is 2. The predicted molar refractivity (Wildman–Crippen MR) is 79.9 cm³/mol. The van der Waals surface area contributed by atoms with E-state index >= 15 is 0 Å². The number of aromatic nitrogens is 1. The highest BCUT2D eigenvalue weighted by Crippen LogP contribution is 2.19. The molecule has 2 saturated heterocycles. The summed E-state index contributed by atoms with van der Waals surface area (Å²) < 4.78 is 0. The Hall–Kier alpha value is -1.62. The van der Waals surface area contributed by atoms with Crippen LogP contribution in [0.5, 0.6) is 0 Å². The van der Waals surface area contributed by atoms with Crippen LogP contribution in [0.25, 0.3) is 0 Å². The Balaban J connectivity index is 1.53. The highest BCUT2D eigenvalue weighted by Gasteiger charge is 2.20. The lowest BCUT2D eigenvalue weighted by Crippen LogP contribution is -2.43. The zero-order valence-corrected chi connectivity index (χ0v) is 11.8. The largest absolute Gasteiger partial charge is 0.357 e. The number of carbonyl (C=O) groups excluding carboxylic acids is 1. The van der Waals surface area contributed by atoms with Crippen LogP contribution in [-0.2, 0) is 4.79 Å². The smallest absolute Gasteiger partial charge is 0.224 e. The SMILES string of the molecule is O=C(CC1CNC1)Nc1ccc(N2CCCCC2)nc1. The molecule has 3 heterocycles. The third-order valence-electron chi connectivity index (χ3n) is 4.05. The molecule has 3 rings (SSSR count). The van der Waals surface area contributed by atoms with Gasteiger partial charge in [-0.3, -0.25) is 4.79 Å². The van der Waals surface area contributed by atoms with Crippen molar-refractivity contribution < 1.29 is 4.79 Å². The molecule has 0 bridgehead atoms. The minimum Gasteiger partial charge on any atom is -0.357 e. The molecular formula is C15H22N4O. The van der Waals surface area contributed by atoms with Crippen LogP contribution in [0.1, 0.15) is 25.7 Å². The zero-order valence-electron chi connectivity index (χ0n) is 11.8. The molecule has 0 aromatic carbocycles. The van der Waals surface area contributed by atoms with Gasteiger partial charge in [-0.25, -0.2) is 4.98 Å². The van der Waals surface area contributed by atoms with Crippen molar-refractivity contribution in [3.8, 4) is 0 Å². The minimum absolute atomic E-state index is 0.0871. The summed E-state index contributed by atoms with van der Waals surface area (Å²) in [4.78, 5) is 18.6. The van der Waals surface area contributed by atoms with Gasteiger partial charge in [0.25, 0.3) is 0 Å². The second-order valence-corrected chi connectivity index (χ2v) is 5.73. The first-order valence-corrected chi connectivity index (χ1v) is 7.53. The Morgan fingerprint density at radius 3 is 2.70 bits per heavy atom. The lowest BCUT2D eigenvalue weighted by molar-refractivity contribution is -0.117. The standard InChI is InChI=1S/C15H22N4O/c20-15(8-12-9-16-10-12)18-13-4-5-14(17-11-13)19-6-2-1-3-7-19/h4-5,11-12,16H,1-3,6-10H2,(H,18,20). The van der Waals surface area contributed by atoms with E-state index in [0.29, 0.717) is 12.3 Å². The molecule has 0 radical (unpaired) electrons. The second kappa shape index (κ2) is 6.22. The highest BCUT2D eigenvalue weighted by atomic mass is 16.1. The third kappa shape index (κ3) is 3.28.